The average molecular weight is 426 g/mol. The Hall–Kier alpha value is -2.56. The number of phenols is 1. The number of rotatable bonds is 4. The van der Waals surface area contributed by atoms with E-state index in [4.69, 9.17) is 16.3 Å². The number of benzene rings is 2. The van der Waals surface area contributed by atoms with Gasteiger partial charge in [0.1, 0.15) is 17.5 Å². The molecule has 0 aliphatic carbocycles. The second-order valence-corrected chi connectivity index (χ2v) is 6.06. The average Bonchev–Trinajstić information content (AvgIpc) is 2.57. The van der Waals surface area contributed by atoms with E-state index in [2.05, 4.69) is 21.2 Å². The third kappa shape index (κ3) is 4.50. The number of hydrogen-bond acceptors (Lipinski definition) is 4. The minimum absolute atomic E-state index is 0.0876. The number of amides is 1. The molecular formula is C17H11BrClFN2O3. The van der Waals surface area contributed by atoms with Gasteiger partial charge in [0, 0.05) is 10.2 Å². The molecule has 2 rings (SSSR count). The number of methoxy groups -OCH3 is 1. The van der Waals surface area contributed by atoms with Gasteiger partial charge < -0.3 is 15.2 Å². The zero-order valence-electron chi connectivity index (χ0n) is 12.8. The molecule has 0 fully saturated rings. The minimum Gasteiger partial charge on any atom is -0.504 e. The number of anilines is 1. The molecule has 0 saturated heterocycles. The lowest BCUT2D eigenvalue weighted by atomic mass is 10.1. The molecule has 0 radical (unpaired) electrons. The fourth-order valence-corrected chi connectivity index (χ4v) is 2.54. The standard InChI is InChI=1S/C17H11BrClFN2O3/c1-25-16-5-9(12(18)7-15(16)23)4-10(8-21)17(24)22-11-2-3-14(20)13(19)6-11/h2-7,23H,1H3,(H,22,24). The van der Waals surface area contributed by atoms with Gasteiger partial charge >= 0.3 is 0 Å². The monoisotopic (exact) mass is 424 g/mol. The number of aromatic hydroxyl groups is 1. The van der Waals surface area contributed by atoms with E-state index in [-0.39, 0.29) is 27.8 Å². The Balaban J connectivity index is 2.32. The summed E-state index contributed by atoms with van der Waals surface area (Å²) in [4.78, 5) is 12.2. The van der Waals surface area contributed by atoms with Gasteiger partial charge in [-0.15, -0.1) is 0 Å². The summed E-state index contributed by atoms with van der Waals surface area (Å²) in [5.74, 6) is -1.20. The number of carbonyl (C=O) groups is 1. The highest BCUT2D eigenvalue weighted by molar-refractivity contribution is 9.10. The summed E-state index contributed by atoms with van der Waals surface area (Å²) >= 11 is 8.90. The van der Waals surface area contributed by atoms with Gasteiger partial charge in [-0.2, -0.15) is 5.26 Å². The van der Waals surface area contributed by atoms with Crippen LogP contribution >= 0.6 is 27.5 Å². The third-order valence-corrected chi connectivity index (χ3v) is 4.12. The van der Waals surface area contributed by atoms with Crippen molar-refractivity contribution in [3.8, 4) is 17.6 Å². The van der Waals surface area contributed by atoms with E-state index in [0.29, 0.717) is 10.0 Å². The highest BCUT2D eigenvalue weighted by Crippen LogP contribution is 2.33. The molecule has 1 amide bonds. The summed E-state index contributed by atoms with van der Waals surface area (Å²) in [6, 6.07) is 8.32. The molecule has 2 N–H and O–H groups in total. The Labute approximate surface area is 156 Å². The van der Waals surface area contributed by atoms with Crippen LogP contribution in [-0.4, -0.2) is 18.1 Å². The largest absolute Gasteiger partial charge is 0.504 e. The molecular weight excluding hydrogens is 415 g/mol. The van der Waals surface area contributed by atoms with E-state index in [0.717, 1.165) is 6.07 Å². The van der Waals surface area contributed by atoms with Crippen LogP contribution < -0.4 is 10.1 Å². The molecule has 0 atom stereocenters. The maximum absolute atomic E-state index is 13.2. The molecule has 0 aromatic heterocycles. The van der Waals surface area contributed by atoms with Crippen molar-refractivity contribution in [2.24, 2.45) is 0 Å². The molecule has 0 aliphatic heterocycles. The van der Waals surface area contributed by atoms with E-state index in [1.807, 2.05) is 0 Å². The molecule has 8 heteroatoms. The molecule has 0 saturated carbocycles. The lowest BCUT2D eigenvalue weighted by molar-refractivity contribution is -0.112. The second kappa shape index (κ2) is 8.01. The van der Waals surface area contributed by atoms with E-state index in [9.17, 15) is 19.6 Å². The molecule has 0 bridgehead atoms. The van der Waals surface area contributed by atoms with Crippen molar-refractivity contribution in [1.29, 1.82) is 5.26 Å². The number of nitriles is 1. The molecule has 0 aliphatic rings. The predicted molar refractivity (Wildman–Crippen MR) is 96.0 cm³/mol. The van der Waals surface area contributed by atoms with Gasteiger partial charge in [0.2, 0.25) is 0 Å². The number of ether oxygens (including phenoxy) is 1. The first-order valence-electron chi connectivity index (χ1n) is 6.80. The molecule has 128 valence electrons. The van der Waals surface area contributed by atoms with Crippen LogP contribution in [0, 0.1) is 17.1 Å². The van der Waals surface area contributed by atoms with Gasteiger partial charge in [-0.3, -0.25) is 4.79 Å². The maximum Gasteiger partial charge on any atom is 0.266 e. The molecule has 5 nitrogen and oxygen atoms in total. The molecule has 2 aromatic carbocycles. The summed E-state index contributed by atoms with van der Waals surface area (Å²) in [7, 11) is 1.38. The van der Waals surface area contributed by atoms with Crippen molar-refractivity contribution in [2.45, 2.75) is 0 Å². The molecule has 0 unspecified atom stereocenters. The van der Waals surface area contributed by atoms with E-state index < -0.39 is 11.7 Å². The maximum atomic E-state index is 13.2. The first-order chi connectivity index (χ1) is 11.8. The summed E-state index contributed by atoms with van der Waals surface area (Å²) in [6.07, 6.45) is 1.33. The van der Waals surface area contributed by atoms with Crippen molar-refractivity contribution in [2.75, 3.05) is 12.4 Å². The number of nitrogens with one attached hydrogen (secondary N) is 1. The number of hydrogen-bond donors (Lipinski definition) is 2. The second-order valence-electron chi connectivity index (χ2n) is 4.80. The first kappa shape index (κ1) is 18.8. The van der Waals surface area contributed by atoms with Crippen molar-refractivity contribution >= 4 is 45.2 Å². The Morgan fingerprint density at radius 1 is 1.44 bits per heavy atom. The summed E-state index contributed by atoms with van der Waals surface area (Å²) in [5, 5.41) is 21.3. The first-order valence-corrected chi connectivity index (χ1v) is 7.97. The molecule has 0 spiro atoms. The topological polar surface area (TPSA) is 82.3 Å². The zero-order valence-corrected chi connectivity index (χ0v) is 15.2. The Morgan fingerprint density at radius 2 is 2.16 bits per heavy atom. The number of phenolic OH excluding ortho intramolecular Hbond substituents is 1. The SMILES string of the molecule is COc1cc(C=C(C#N)C(=O)Nc2ccc(F)c(Cl)c2)c(Br)cc1O. The van der Waals surface area contributed by atoms with Gasteiger partial charge in [-0.25, -0.2) is 4.39 Å². The normalized spacial score (nSPS) is 10.9. The Morgan fingerprint density at radius 3 is 2.76 bits per heavy atom. The zero-order chi connectivity index (χ0) is 18.6. The predicted octanol–water partition coefficient (Wildman–Crippen LogP) is 4.50. The number of halogens is 3. The Kier molecular flexibility index (Phi) is 6.02. The number of nitrogens with zero attached hydrogens (tertiary/aromatic N) is 1. The van der Waals surface area contributed by atoms with Crippen LogP contribution in [0.1, 0.15) is 5.56 Å². The van der Waals surface area contributed by atoms with E-state index in [1.165, 1.54) is 37.5 Å². The quantitative estimate of drug-likeness (QED) is 0.558. The molecule has 2 aromatic rings. The van der Waals surface area contributed by atoms with Crippen molar-refractivity contribution in [3.05, 3.63) is 56.8 Å². The van der Waals surface area contributed by atoms with Crippen LogP contribution in [0.2, 0.25) is 5.02 Å². The van der Waals surface area contributed by atoms with Crippen molar-refractivity contribution in [3.63, 3.8) is 0 Å². The van der Waals surface area contributed by atoms with Crippen LogP contribution in [0.3, 0.4) is 0 Å². The van der Waals surface area contributed by atoms with Crippen molar-refractivity contribution < 1.29 is 19.0 Å². The summed E-state index contributed by atoms with van der Waals surface area (Å²) < 4.78 is 18.6. The van der Waals surface area contributed by atoms with Crippen molar-refractivity contribution in [1.82, 2.24) is 0 Å². The summed E-state index contributed by atoms with van der Waals surface area (Å²) in [6.45, 7) is 0. The Bertz CT molecular complexity index is 909. The van der Waals surface area contributed by atoms with Gasteiger partial charge in [0.05, 0.1) is 12.1 Å². The van der Waals surface area contributed by atoms with Crippen LogP contribution in [0.5, 0.6) is 11.5 Å². The van der Waals surface area contributed by atoms with Gasteiger partial charge in [0.25, 0.3) is 5.91 Å². The van der Waals surface area contributed by atoms with Gasteiger partial charge in [-0.05, 0) is 42.0 Å². The lowest BCUT2D eigenvalue weighted by Crippen LogP contribution is -2.13. The molecule has 25 heavy (non-hydrogen) atoms. The molecule has 0 heterocycles. The summed E-state index contributed by atoms with van der Waals surface area (Å²) in [5.41, 5.74) is 0.507. The van der Waals surface area contributed by atoms with Crippen LogP contribution in [-0.2, 0) is 4.79 Å². The number of carbonyl (C=O) groups excluding carboxylic acids is 1. The third-order valence-electron chi connectivity index (χ3n) is 3.14. The smallest absolute Gasteiger partial charge is 0.266 e. The van der Waals surface area contributed by atoms with E-state index >= 15 is 0 Å². The fourth-order valence-electron chi connectivity index (χ4n) is 1.91. The minimum atomic E-state index is -0.691. The van der Waals surface area contributed by atoms with E-state index in [1.54, 1.807) is 6.07 Å². The van der Waals surface area contributed by atoms with Gasteiger partial charge in [-0.1, -0.05) is 27.5 Å². The van der Waals surface area contributed by atoms with Crippen LogP contribution in [0.4, 0.5) is 10.1 Å². The lowest BCUT2D eigenvalue weighted by Gasteiger charge is -2.08. The van der Waals surface area contributed by atoms with Gasteiger partial charge in [0.15, 0.2) is 11.5 Å². The highest BCUT2D eigenvalue weighted by Gasteiger charge is 2.13. The van der Waals surface area contributed by atoms with Crippen LogP contribution in [0.15, 0.2) is 40.4 Å². The fraction of sp³-hybridized carbons (Fsp3) is 0.0588. The highest BCUT2D eigenvalue weighted by atomic mass is 79.9. The van der Waals surface area contributed by atoms with Crippen LogP contribution in [0.25, 0.3) is 6.08 Å².